The van der Waals surface area contributed by atoms with Gasteiger partial charge in [-0.15, -0.1) is 0 Å². The maximum atomic E-state index is 13.5. The topological polar surface area (TPSA) is 55.9 Å². The van der Waals surface area contributed by atoms with Gasteiger partial charge in [-0.05, 0) is 31.5 Å². The Bertz CT molecular complexity index is 632. The maximum Gasteiger partial charge on any atom is 0.244 e. The molecule has 0 aliphatic carbocycles. The SMILES string of the molecule is CCN(CC)C(C(=O)N1CCCC(N2CCNCC2=O)C1)c1ccccc1. The van der Waals surface area contributed by atoms with Crippen molar-refractivity contribution in [2.24, 2.45) is 0 Å². The molecule has 6 heteroatoms. The van der Waals surface area contributed by atoms with Crippen molar-refractivity contribution in [1.29, 1.82) is 0 Å². The second kappa shape index (κ2) is 9.33. The monoisotopic (exact) mass is 372 g/mol. The molecule has 2 atom stereocenters. The number of carbonyl (C=O) groups is 2. The quantitative estimate of drug-likeness (QED) is 0.822. The summed E-state index contributed by atoms with van der Waals surface area (Å²) in [5, 5.41) is 3.13. The lowest BCUT2D eigenvalue weighted by atomic mass is 9.99. The number of piperidine rings is 1. The molecule has 2 unspecified atom stereocenters. The van der Waals surface area contributed by atoms with E-state index in [0.717, 1.165) is 51.1 Å². The van der Waals surface area contributed by atoms with Crippen LogP contribution in [0.15, 0.2) is 30.3 Å². The van der Waals surface area contributed by atoms with Crippen molar-refractivity contribution in [2.45, 2.75) is 38.8 Å². The third-order valence-corrected chi connectivity index (χ3v) is 5.80. The number of nitrogens with one attached hydrogen (secondary N) is 1. The molecule has 6 nitrogen and oxygen atoms in total. The number of likely N-dealkylation sites (N-methyl/N-ethyl adjacent to an activating group) is 1. The first-order valence-electron chi connectivity index (χ1n) is 10.2. The molecular formula is C21H32N4O2. The second-order valence-corrected chi connectivity index (χ2v) is 7.38. The maximum absolute atomic E-state index is 13.5. The summed E-state index contributed by atoms with van der Waals surface area (Å²) in [6.07, 6.45) is 1.93. The van der Waals surface area contributed by atoms with Crippen LogP contribution in [-0.2, 0) is 9.59 Å². The Morgan fingerprint density at radius 3 is 2.63 bits per heavy atom. The van der Waals surface area contributed by atoms with Gasteiger partial charge in [-0.2, -0.15) is 0 Å². The predicted octanol–water partition coefficient (Wildman–Crippen LogP) is 1.49. The summed E-state index contributed by atoms with van der Waals surface area (Å²) in [4.78, 5) is 32.0. The lowest BCUT2D eigenvalue weighted by Crippen LogP contribution is -2.58. The lowest BCUT2D eigenvalue weighted by molar-refractivity contribution is -0.143. The highest BCUT2D eigenvalue weighted by Crippen LogP contribution is 2.26. The molecular weight excluding hydrogens is 340 g/mol. The first-order chi connectivity index (χ1) is 13.2. The number of likely N-dealkylation sites (tertiary alicyclic amines) is 1. The van der Waals surface area contributed by atoms with Crippen LogP contribution in [0.25, 0.3) is 0 Å². The van der Waals surface area contributed by atoms with E-state index in [-0.39, 0.29) is 23.9 Å². The molecule has 2 saturated heterocycles. The Kier molecular flexibility index (Phi) is 6.85. The van der Waals surface area contributed by atoms with E-state index in [1.165, 1.54) is 0 Å². The minimum absolute atomic E-state index is 0.144. The van der Waals surface area contributed by atoms with Crippen molar-refractivity contribution >= 4 is 11.8 Å². The van der Waals surface area contributed by atoms with E-state index in [4.69, 9.17) is 0 Å². The third-order valence-electron chi connectivity index (χ3n) is 5.80. The number of hydrogen-bond donors (Lipinski definition) is 1. The zero-order chi connectivity index (χ0) is 19.2. The molecule has 1 aromatic carbocycles. The average Bonchev–Trinajstić information content (AvgIpc) is 2.72. The van der Waals surface area contributed by atoms with Gasteiger partial charge in [0.1, 0.15) is 6.04 Å². The van der Waals surface area contributed by atoms with Gasteiger partial charge in [0.15, 0.2) is 0 Å². The van der Waals surface area contributed by atoms with E-state index in [2.05, 4.69) is 24.1 Å². The Morgan fingerprint density at radius 2 is 1.96 bits per heavy atom. The first kappa shape index (κ1) is 19.8. The Hall–Kier alpha value is -1.92. The normalized spacial score (nSPS) is 22.2. The summed E-state index contributed by atoms with van der Waals surface area (Å²) in [7, 11) is 0. The first-order valence-corrected chi connectivity index (χ1v) is 10.2. The molecule has 2 aliphatic heterocycles. The highest BCUT2D eigenvalue weighted by Gasteiger charge is 2.35. The Morgan fingerprint density at radius 1 is 1.22 bits per heavy atom. The molecule has 1 N–H and O–H groups in total. The molecule has 0 radical (unpaired) electrons. The fourth-order valence-corrected chi connectivity index (χ4v) is 4.32. The summed E-state index contributed by atoms with van der Waals surface area (Å²) in [6.45, 7) is 9.28. The average molecular weight is 373 g/mol. The van der Waals surface area contributed by atoms with Gasteiger partial charge in [-0.1, -0.05) is 44.2 Å². The van der Waals surface area contributed by atoms with Crippen LogP contribution < -0.4 is 5.32 Å². The minimum atomic E-state index is -0.251. The van der Waals surface area contributed by atoms with Crippen LogP contribution >= 0.6 is 0 Å². The molecule has 2 aliphatic rings. The molecule has 2 fully saturated rings. The van der Waals surface area contributed by atoms with Crippen LogP contribution in [0.5, 0.6) is 0 Å². The predicted molar refractivity (Wildman–Crippen MR) is 106 cm³/mol. The molecule has 2 heterocycles. The number of piperazine rings is 1. The molecule has 1 aromatic rings. The Balaban J connectivity index is 1.77. The number of nitrogens with zero attached hydrogens (tertiary/aromatic N) is 3. The van der Waals surface area contributed by atoms with Crippen molar-refractivity contribution in [3.63, 3.8) is 0 Å². The molecule has 2 amide bonds. The van der Waals surface area contributed by atoms with Gasteiger partial charge in [0, 0.05) is 32.2 Å². The summed E-state index contributed by atoms with van der Waals surface area (Å²) >= 11 is 0. The number of carbonyl (C=O) groups excluding carboxylic acids is 2. The smallest absolute Gasteiger partial charge is 0.244 e. The van der Waals surface area contributed by atoms with Crippen LogP contribution in [0, 0.1) is 0 Å². The van der Waals surface area contributed by atoms with Gasteiger partial charge >= 0.3 is 0 Å². The molecule has 0 spiro atoms. The van der Waals surface area contributed by atoms with Gasteiger partial charge in [0.2, 0.25) is 11.8 Å². The van der Waals surface area contributed by atoms with Crippen LogP contribution in [0.2, 0.25) is 0 Å². The number of hydrogen-bond acceptors (Lipinski definition) is 4. The van der Waals surface area contributed by atoms with Gasteiger partial charge in [0.25, 0.3) is 0 Å². The minimum Gasteiger partial charge on any atom is -0.339 e. The second-order valence-electron chi connectivity index (χ2n) is 7.38. The van der Waals surface area contributed by atoms with Gasteiger partial charge in [-0.3, -0.25) is 14.5 Å². The van der Waals surface area contributed by atoms with E-state index in [9.17, 15) is 9.59 Å². The highest BCUT2D eigenvalue weighted by atomic mass is 16.2. The molecule has 0 saturated carbocycles. The van der Waals surface area contributed by atoms with Crippen molar-refractivity contribution in [3.05, 3.63) is 35.9 Å². The molecule has 148 valence electrons. The zero-order valence-corrected chi connectivity index (χ0v) is 16.6. The fourth-order valence-electron chi connectivity index (χ4n) is 4.32. The fraction of sp³-hybridized carbons (Fsp3) is 0.619. The van der Waals surface area contributed by atoms with Gasteiger partial charge in [-0.25, -0.2) is 0 Å². The molecule has 0 bridgehead atoms. The molecule has 27 heavy (non-hydrogen) atoms. The van der Waals surface area contributed by atoms with E-state index in [0.29, 0.717) is 13.1 Å². The van der Waals surface area contributed by atoms with Gasteiger partial charge in [0.05, 0.1) is 6.54 Å². The van der Waals surface area contributed by atoms with Crippen molar-refractivity contribution in [3.8, 4) is 0 Å². The van der Waals surface area contributed by atoms with E-state index in [1.54, 1.807) is 0 Å². The van der Waals surface area contributed by atoms with Crippen molar-refractivity contribution in [2.75, 3.05) is 45.8 Å². The van der Waals surface area contributed by atoms with Crippen molar-refractivity contribution in [1.82, 2.24) is 20.0 Å². The lowest BCUT2D eigenvalue weighted by Gasteiger charge is -2.43. The largest absolute Gasteiger partial charge is 0.339 e. The van der Waals surface area contributed by atoms with Crippen LogP contribution in [0.3, 0.4) is 0 Å². The van der Waals surface area contributed by atoms with E-state index < -0.39 is 0 Å². The van der Waals surface area contributed by atoms with E-state index in [1.807, 2.05) is 40.1 Å². The summed E-state index contributed by atoms with van der Waals surface area (Å²) < 4.78 is 0. The van der Waals surface area contributed by atoms with Crippen LogP contribution in [0.4, 0.5) is 0 Å². The number of rotatable bonds is 6. The van der Waals surface area contributed by atoms with Crippen LogP contribution in [0.1, 0.15) is 38.3 Å². The zero-order valence-electron chi connectivity index (χ0n) is 16.6. The van der Waals surface area contributed by atoms with E-state index >= 15 is 0 Å². The van der Waals surface area contributed by atoms with Gasteiger partial charge < -0.3 is 15.1 Å². The Labute approximate surface area is 162 Å². The third kappa shape index (κ3) is 4.50. The summed E-state index contributed by atoms with van der Waals surface area (Å²) in [5.74, 6) is 0.320. The molecule has 3 rings (SSSR count). The summed E-state index contributed by atoms with van der Waals surface area (Å²) in [5.41, 5.74) is 1.05. The molecule has 0 aromatic heterocycles. The summed E-state index contributed by atoms with van der Waals surface area (Å²) in [6, 6.07) is 9.96. The number of amides is 2. The van der Waals surface area contributed by atoms with Crippen LogP contribution in [-0.4, -0.2) is 78.4 Å². The number of benzene rings is 1. The van der Waals surface area contributed by atoms with Crippen molar-refractivity contribution < 1.29 is 9.59 Å². The highest BCUT2D eigenvalue weighted by molar-refractivity contribution is 5.84. The standard InChI is InChI=1S/C21H32N4O2/c1-3-23(4-2)20(17-9-6-5-7-10-17)21(27)24-13-8-11-18(16-24)25-14-12-22-15-19(25)26/h5-7,9-10,18,20,22H,3-4,8,11-16H2,1-2H3.